The van der Waals surface area contributed by atoms with E-state index in [1.165, 1.54) is 29.6 Å². The number of carboxylic acid groups (broad SMARTS) is 1. The molecule has 0 unspecified atom stereocenters. The molecule has 3 aromatic carbocycles. The maximum atomic E-state index is 15.2. The molecule has 6 rings (SSSR count). The quantitative estimate of drug-likeness (QED) is 0.236. The standard InChI is InChI=1S/C29H22F2N4O4S2/c30-21-9-6-16(7-10-21)18-2-1-3-20(12-18)27-23(13-19-8-11-22(14-24(19)31)41(32,38)39)26(17-4-5-17)34-35(27)29-33-25(15-40-29)28(36)37/h1-3,6-12,14-15,17H,4-5,13H2,(H,36,37)(H2,32,38,39). The highest BCUT2D eigenvalue weighted by Crippen LogP contribution is 2.45. The summed E-state index contributed by atoms with van der Waals surface area (Å²) < 4.78 is 53.9. The first kappa shape index (κ1) is 26.9. The molecule has 1 fully saturated rings. The number of nitrogens with two attached hydrogens (primary N) is 1. The van der Waals surface area contributed by atoms with Crippen molar-refractivity contribution < 1.29 is 27.1 Å². The van der Waals surface area contributed by atoms with Crippen LogP contribution in [0.5, 0.6) is 0 Å². The Bertz CT molecular complexity index is 1910. The second-order valence-corrected chi connectivity index (χ2v) is 12.2. The first-order valence-electron chi connectivity index (χ1n) is 12.6. The van der Waals surface area contributed by atoms with Crippen LogP contribution in [-0.4, -0.2) is 34.3 Å². The summed E-state index contributed by atoms with van der Waals surface area (Å²) in [4.78, 5) is 15.5. The highest BCUT2D eigenvalue weighted by molar-refractivity contribution is 7.89. The number of rotatable bonds is 8. The molecule has 2 aromatic heterocycles. The van der Waals surface area contributed by atoms with Gasteiger partial charge < -0.3 is 5.11 Å². The van der Waals surface area contributed by atoms with Crippen LogP contribution in [0.2, 0.25) is 0 Å². The summed E-state index contributed by atoms with van der Waals surface area (Å²) in [6.45, 7) is 0. The van der Waals surface area contributed by atoms with E-state index >= 15 is 4.39 Å². The van der Waals surface area contributed by atoms with Crippen molar-refractivity contribution in [2.24, 2.45) is 5.14 Å². The number of aromatic nitrogens is 3. The number of hydrogen-bond acceptors (Lipinski definition) is 6. The number of nitrogens with zero attached hydrogens (tertiary/aromatic N) is 3. The molecule has 2 heterocycles. The van der Waals surface area contributed by atoms with E-state index in [9.17, 15) is 22.7 Å². The Labute approximate surface area is 237 Å². The summed E-state index contributed by atoms with van der Waals surface area (Å²) in [5, 5.41) is 21.3. The lowest BCUT2D eigenvalue weighted by molar-refractivity contribution is 0.0691. The van der Waals surface area contributed by atoms with Gasteiger partial charge in [-0.05, 0) is 59.9 Å². The molecule has 5 aromatic rings. The van der Waals surface area contributed by atoms with Gasteiger partial charge in [0.05, 0.1) is 16.3 Å². The molecule has 0 bridgehead atoms. The number of carbonyl (C=O) groups is 1. The zero-order valence-corrected chi connectivity index (χ0v) is 22.9. The van der Waals surface area contributed by atoms with Crippen LogP contribution in [0.4, 0.5) is 8.78 Å². The van der Waals surface area contributed by atoms with Crippen LogP contribution < -0.4 is 5.14 Å². The highest BCUT2D eigenvalue weighted by Gasteiger charge is 2.33. The lowest BCUT2D eigenvalue weighted by Gasteiger charge is -2.12. The van der Waals surface area contributed by atoms with Crippen LogP contribution >= 0.6 is 11.3 Å². The molecule has 12 heteroatoms. The van der Waals surface area contributed by atoms with Gasteiger partial charge in [-0.15, -0.1) is 11.3 Å². The molecule has 0 aliphatic heterocycles. The summed E-state index contributed by atoms with van der Waals surface area (Å²) in [5.41, 5.74) is 4.52. The molecular weight excluding hydrogens is 570 g/mol. The van der Waals surface area contributed by atoms with E-state index in [0.29, 0.717) is 10.8 Å². The van der Waals surface area contributed by atoms with Gasteiger partial charge in [0.15, 0.2) is 5.69 Å². The van der Waals surface area contributed by atoms with E-state index in [1.54, 1.807) is 16.8 Å². The zero-order valence-electron chi connectivity index (χ0n) is 21.3. The van der Waals surface area contributed by atoms with Crippen LogP contribution in [0, 0.1) is 11.6 Å². The van der Waals surface area contributed by atoms with Crippen molar-refractivity contribution >= 4 is 27.3 Å². The lowest BCUT2D eigenvalue weighted by atomic mass is 9.95. The maximum absolute atomic E-state index is 15.2. The van der Waals surface area contributed by atoms with Gasteiger partial charge >= 0.3 is 5.97 Å². The van der Waals surface area contributed by atoms with Crippen molar-refractivity contribution in [2.75, 3.05) is 0 Å². The van der Waals surface area contributed by atoms with E-state index in [-0.39, 0.29) is 34.3 Å². The molecule has 3 N–H and O–H groups in total. The summed E-state index contributed by atoms with van der Waals surface area (Å²) in [7, 11) is -4.08. The summed E-state index contributed by atoms with van der Waals surface area (Å²) in [6.07, 6.45) is 1.88. The minimum atomic E-state index is -4.08. The number of sulfonamides is 1. The number of thiazole rings is 1. The molecule has 41 heavy (non-hydrogen) atoms. The van der Waals surface area contributed by atoms with Crippen molar-refractivity contribution in [3.8, 4) is 27.5 Å². The van der Waals surface area contributed by atoms with Crippen molar-refractivity contribution in [3.05, 3.63) is 106 Å². The summed E-state index contributed by atoms with van der Waals surface area (Å²) in [6, 6.07) is 17.2. The topological polar surface area (TPSA) is 128 Å². The Morgan fingerprint density at radius 2 is 1.76 bits per heavy atom. The Balaban J connectivity index is 1.55. The second kappa shape index (κ2) is 10.3. The third-order valence-electron chi connectivity index (χ3n) is 6.90. The Morgan fingerprint density at radius 1 is 1.02 bits per heavy atom. The number of aromatic carboxylic acids is 1. The number of primary sulfonamides is 1. The van der Waals surface area contributed by atoms with E-state index in [1.807, 2.05) is 24.3 Å². The molecule has 0 spiro atoms. The SMILES string of the molecule is NS(=O)(=O)c1ccc(Cc2c(C3CC3)nn(-c3nc(C(=O)O)cs3)c2-c2cccc(-c3ccc(F)cc3)c2)c(F)c1. The molecule has 1 aliphatic rings. The smallest absolute Gasteiger partial charge is 0.355 e. The van der Waals surface area contributed by atoms with E-state index in [4.69, 9.17) is 10.2 Å². The van der Waals surface area contributed by atoms with Crippen LogP contribution in [-0.2, 0) is 16.4 Å². The van der Waals surface area contributed by atoms with Gasteiger partial charge in [-0.2, -0.15) is 5.10 Å². The minimum absolute atomic E-state index is 0.0931. The molecule has 0 saturated heterocycles. The fourth-order valence-electron chi connectivity index (χ4n) is 4.75. The predicted molar refractivity (Wildman–Crippen MR) is 150 cm³/mol. The monoisotopic (exact) mass is 592 g/mol. The fraction of sp³-hybridized carbons (Fsp3) is 0.138. The number of benzene rings is 3. The first-order chi connectivity index (χ1) is 19.6. The normalized spacial score (nSPS) is 13.4. The zero-order chi connectivity index (χ0) is 28.9. The van der Waals surface area contributed by atoms with Gasteiger partial charge in [0.2, 0.25) is 15.2 Å². The van der Waals surface area contributed by atoms with Gasteiger partial charge in [-0.3, -0.25) is 0 Å². The average Bonchev–Trinajstić information content (AvgIpc) is 3.53. The van der Waals surface area contributed by atoms with Crippen LogP contribution in [0.3, 0.4) is 0 Å². The van der Waals surface area contributed by atoms with Gasteiger partial charge in [0.1, 0.15) is 11.6 Å². The van der Waals surface area contributed by atoms with Crippen molar-refractivity contribution in [2.45, 2.75) is 30.1 Å². The third-order valence-corrected chi connectivity index (χ3v) is 8.63. The molecule has 0 amide bonds. The van der Waals surface area contributed by atoms with Crippen LogP contribution in [0.15, 0.2) is 77.0 Å². The molecule has 8 nitrogen and oxygen atoms in total. The fourth-order valence-corrected chi connectivity index (χ4v) is 6.03. The van der Waals surface area contributed by atoms with E-state index in [0.717, 1.165) is 58.2 Å². The summed E-state index contributed by atoms with van der Waals surface area (Å²) >= 11 is 1.12. The largest absolute Gasteiger partial charge is 0.476 e. The van der Waals surface area contributed by atoms with Gasteiger partial charge in [0.25, 0.3) is 0 Å². The molecule has 1 aliphatic carbocycles. The minimum Gasteiger partial charge on any atom is -0.476 e. The van der Waals surface area contributed by atoms with Gasteiger partial charge in [0, 0.05) is 28.8 Å². The van der Waals surface area contributed by atoms with Crippen LogP contribution in [0.1, 0.15) is 46.1 Å². The van der Waals surface area contributed by atoms with Gasteiger partial charge in [-0.1, -0.05) is 36.4 Å². The molecular formula is C29H22F2N4O4S2. The van der Waals surface area contributed by atoms with Crippen molar-refractivity contribution in [1.82, 2.24) is 14.8 Å². The van der Waals surface area contributed by atoms with Gasteiger partial charge in [-0.25, -0.2) is 36.8 Å². The molecule has 0 radical (unpaired) electrons. The number of hydrogen-bond donors (Lipinski definition) is 2. The molecule has 1 saturated carbocycles. The molecule has 208 valence electrons. The third kappa shape index (κ3) is 5.41. The van der Waals surface area contributed by atoms with Crippen molar-refractivity contribution in [1.29, 1.82) is 0 Å². The maximum Gasteiger partial charge on any atom is 0.355 e. The Hall–Kier alpha value is -4.26. The van der Waals surface area contributed by atoms with Crippen LogP contribution in [0.25, 0.3) is 27.5 Å². The molecule has 0 atom stereocenters. The van der Waals surface area contributed by atoms with Crippen molar-refractivity contribution in [3.63, 3.8) is 0 Å². The highest BCUT2D eigenvalue weighted by atomic mass is 32.2. The Kier molecular flexibility index (Phi) is 6.76. The van der Waals surface area contributed by atoms with E-state index < -0.39 is 21.8 Å². The summed E-state index contributed by atoms with van der Waals surface area (Å²) in [5.74, 6) is -2.11. The average molecular weight is 593 g/mol. The number of halogens is 2. The lowest BCUT2D eigenvalue weighted by Crippen LogP contribution is -2.12. The predicted octanol–water partition coefficient (Wildman–Crippen LogP) is 5.75. The van der Waals surface area contributed by atoms with E-state index in [2.05, 4.69) is 4.98 Å². The second-order valence-electron chi connectivity index (χ2n) is 9.78. The first-order valence-corrected chi connectivity index (χ1v) is 15.0. The number of carboxylic acids is 1. The Morgan fingerprint density at radius 3 is 2.39 bits per heavy atom.